The smallest absolute Gasteiger partial charge is 0.407 e. The van der Waals surface area contributed by atoms with Crippen LogP contribution in [0.2, 0.25) is 0 Å². The number of para-hydroxylation sites is 2. The topological polar surface area (TPSA) is 185 Å². The van der Waals surface area contributed by atoms with Gasteiger partial charge in [0.2, 0.25) is 11.8 Å². The average Bonchev–Trinajstić information content (AvgIpc) is 3.40. The highest BCUT2D eigenvalue weighted by molar-refractivity contribution is 5.99. The van der Waals surface area contributed by atoms with E-state index in [0.717, 1.165) is 33.4 Å². The number of amides is 5. The minimum absolute atomic E-state index is 0.0889. The second-order valence-electron chi connectivity index (χ2n) is 19.3. The molecule has 1 aliphatic rings. The van der Waals surface area contributed by atoms with Crippen LogP contribution in [0.1, 0.15) is 78.8 Å². The lowest BCUT2D eigenvalue weighted by molar-refractivity contribution is -0.180. The summed E-state index contributed by atoms with van der Waals surface area (Å²) in [6.07, 6.45) is -0.938. The molecule has 0 aliphatic carbocycles. The number of morpholine rings is 1. The summed E-state index contributed by atoms with van der Waals surface area (Å²) in [7, 11) is 2.51. The van der Waals surface area contributed by atoms with Gasteiger partial charge in [-0.3, -0.25) is 9.59 Å². The largest absolute Gasteiger partial charge is 0.465 e. The van der Waals surface area contributed by atoms with Crippen molar-refractivity contribution in [1.29, 1.82) is 0 Å². The van der Waals surface area contributed by atoms with Gasteiger partial charge < -0.3 is 45.5 Å². The lowest BCUT2D eigenvalue weighted by Gasteiger charge is -2.52. The number of carboxylic acid groups (broad SMARTS) is 1. The first kappa shape index (κ1) is 52.8. The van der Waals surface area contributed by atoms with Crippen LogP contribution in [0.25, 0.3) is 0 Å². The van der Waals surface area contributed by atoms with Crippen molar-refractivity contribution in [2.75, 3.05) is 38.0 Å². The van der Waals surface area contributed by atoms with Gasteiger partial charge in [-0.25, -0.2) is 14.4 Å². The second-order valence-corrected chi connectivity index (χ2v) is 19.3. The highest BCUT2D eigenvalue weighted by Gasteiger charge is 2.50. The van der Waals surface area contributed by atoms with E-state index in [4.69, 9.17) is 14.2 Å². The number of hydrogen-bond donors (Lipinski definition) is 5. The van der Waals surface area contributed by atoms with E-state index in [0.29, 0.717) is 37.1 Å². The number of nitrogens with one attached hydrogen (secondary N) is 4. The van der Waals surface area contributed by atoms with Gasteiger partial charge in [-0.2, -0.15) is 0 Å². The summed E-state index contributed by atoms with van der Waals surface area (Å²) < 4.78 is 16.9. The number of ether oxygens (including phenoxy) is 3. The Labute approximate surface area is 427 Å². The van der Waals surface area contributed by atoms with Gasteiger partial charge in [0.1, 0.15) is 12.1 Å². The van der Waals surface area contributed by atoms with Crippen molar-refractivity contribution in [3.63, 3.8) is 0 Å². The molecule has 0 unspecified atom stereocenters. The maximum atomic E-state index is 14.5. The molecule has 4 atom stereocenters. The summed E-state index contributed by atoms with van der Waals surface area (Å²) in [6.45, 7) is 6.33. The van der Waals surface area contributed by atoms with Gasteiger partial charge in [0.25, 0.3) is 0 Å². The lowest BCUT2D eigenvalue weighted by Crippen LogP contribution is -2.63. The summed E-state index contributed by atoms with van der Waals surface area (Å²) in [5.41, 5.74) is 4.50. The van der Waals surface area contributed by atoms with Gasteiger partial charge in [0, 0.05) is 23.2 Å². The van der Waals surface area contributed by atoms with Crippen LogP contribution in [-0.4, -0.2) is 91.2 Å². The van der Waals surface area contributed by atoms with Crippen LogP contribution in [0.3, 0.4) is 0 Å². The zero-order chi connectivity index (χ0) is 52.0. The molecule has 1 aliphatic heterocycles. The minimum atomic E-state index is -1.07. The number of nitrogens with zero attached hydrogens (tertiary/aromatic N) is 1. The van der Waals surface area contributed by atoms with Crippen LogP contribution in [0.15, 0.2) is 170 Å². The normalized spacial score (nSPS) is 16.4. The van der Waals surface area contributed by atoms with Gasteiger partial charge >= 0.3 is 18.3 Å². The SMILES string of the molecule is COC(=O)N[C@H](C(=O)Nc1ccccc1CC[C@@H]1CO[C@](CCc2ccccc2NC(=O)[C@@H](NC(=O)OC)C(c2ccccc2)c2ccccc2)(C(C)(C)C)CN1C(=O)O)C(c1ccccc1)c1ccccc1. The fourth-order valence-electron chi connectivity index (χ4n) is 9.81. The van der Waals surface area contributed by atoms with Crippen LogP contribution in [-0.2, 0) is 36.6 Å². The van der Waals surface area contributed by atoms with E-state index in [2.05, 4.69) is 21.3 Å². The Hall–Kier alpha value is -7.97. The molecule has 0 spiro atoms. The number of benzene rings is 6. The van der Waals surface area contributed by atoms with Gasteiger partial charge in [0.05, 0.1) is 39.0 Å². The molecule has 6 aromatic carbocycles. The quantitative estimate of drug-likeness (QED) is 0.0559. The summed E-state index contributed by atoms with van der Waals surface area (Å²) in [6, 6.07) is 50.2. The lowest BCUT2D eigenvalue weighted by atomic mass is 9.71. The van der Waals surface area contributed by atoms with Crippen molar-refractivity contribution in [2.24, 2.45) is 5.41 Å². The minimum Gasteiger partial charge on any atom is -0.465 e. The molecule has 0 aromatic heterocycles. The Morgan fingerprint density at radius 2 is 0.959 bits per heavy atom. The van der Waals surface area contributed by atoms with E-state index in [-0.39, 0.29) is 13.2 Å². The Morgan fingerprint density at radius 1 is 0.589 bits per heavy atom. The van der Waals surface area contributed by atoms with Crippen molar-refractivity contribution in [3.8, 4) is 0 Å². The number of carbonyl (C=O) groups excluding carboxylic acids is 4. The molecule has 0 radical (unpaired) electrons. The maximum Gasteiger partial charge on any atom is 0.407 e. The van der Waals surface area contributed by atoms with Crippen molar-refractivity contribution in [2.45, 2.75) is 82.0 Å². The molecule has 14 heteroatoms. The van der Waals surface area contributed by atoms with Crippen molar-refractivity contribution in [1.82, 2.24) is 15.5 Å². The molecule has 0 bridgehead atoms. The van der Waals surface area contributed by atoms with Crippen LogP contribution < -0.4 is 21.3 Å². The number of hydrogen-bond acceptors (Lipinski definition) is 8. The van der Waals surface area contributed by atoms with E-state index in [1.807, 2.05) is 185 Å². The molecule has 6 aromatic rings. The number of rotatable bonds is 18. The summed E-state index contributed by atoms with van der Waals surface area (Å²) in [5, 5.41) is 22.6. The Bertz CT molecular complexity index is 2710. The third kappa shape index (κ3) is 13.1. The molecule has 73 heavy (non-hydrogen) atoms. The second kappa shape index (κ2) is 24.4. The van der Waals surface area contributed by atoms with Crippen LogP contribution in [0, 0.1) is 5.41 Å². The number of methoxy groups -OCH3 is 2. The molecular formula is C59H65N5O9. The van der Waals surface area contributed by atoms with Crippen LogP contribution >= 0.6 is 0 Å². The third-order valence-corrected chi connectivity index (χ3v) is 13.9. The number of alkyl carbamates (subject to hydrolysis) is 2. The molecular weight excluding hydrogens is 923 g/mol. The van der Waals surface area contributed by atoms with E-state index in [1.165, 1.54) is 19.1 Å². The summed E-state index contributed by atoms with van der Waals surface area (Å²) in [4.78, 5) is 69.3. The zero-order valence-electron chi connectivity index (χ0n) is 42.0. The zero-order valence-corrected chi connectivity index (χ0v) is 42.0. The van der Waals surface area contributed by atoms with Gasteiger partial charge in [-0.05, 0) is 76.6 Å². The fourth-order valence-corrected chi connectivity index (χ4v) is 9.81. The molecule has 7 rings (SSSR count). The molecule has 1 saturated heterocycles. The maximum absolute atomic E-state index is 14.5. The van der Waals surface area contributed by atoms with Gasteiger partial charge in [-0.15, -0.1) is 0 Å². The van der Waals surface area contributed by atoms with Gasteiger partial charge in [-0.1, -0.05) is 178 Å². The van der Waals surface area contributed by atoms with Crippen LogP contribution in [0.4, 0.5) is 25.8 Å². The van der Waals surface area contributed by atoms with Crippen molar-refractivity contribution >= 4 is 41.5 Å². The van der Waals surface area contributed by atoms with Gasteiger partial charge in [0.15, 0.2) is 0 Å². The predicted octanol–water partition coefficient (Wildman–Crippen LogP) is 10.4. The van der Waals surface area contributed by atoms with E-state index in [1.54, 1.807) is 6.07 Å². The third-order valence-electron chi connectivity index (χ3n) is 13.9. The summed E-state index contributed by atoms with van der Waals surface area (Å²) >= 11 is 0. The van der Waals surface area contributed by atoms with Crippen molar-refractivity contribution < 1.29 is 43.3 Å². The van der Waals surface area contributed by atoms with E-state index >= 15 is 0 Å². The first-order valence-corrected chi connectivity index (χ1v) is 24.5. The fraction of sp³-hybridized carbons (Fsp3) is 0.305. The summed E-state index contributed by atoms with van der Waals surface area (Å²) in [5.74, 6) is -2.03. The molecule has 1 fully saturated rings. The molecule has 5 amide bonds. The van der Waals surface area contributed by atoms with E-state index < -0.39 is 71.1 Å². The van der Waals surface area contributed by atoms with E-state index in [9.17, 15) is 29.1 Å². The standard InChI is InChI=1S/C59H65N5O9/c1-58(2,3)59(37-36-41-23-19-21-33-48(41)61-54(66)52(63-56(68)72-5)50(44-28-14-8-15-29-44)45-30-16-9-17-31-45)39-64(57(69)70)46(38-73-59)35-34-40-22-18-20-32-47(40)60-53(65)51(62-55(67)71-4)49(42-24-10-6-11-25-42)43-26-12-7-13-27-43/h6-33,46,49-52H,34-39H2,1-5H3,(H,60,65)(H,61,66)(H,62,67)(H,63,68)(H,69,70)/t46-,51+,52+,59+/m1/s1. The molecule has 14 nitrogen and oxygen atoms in total. The number of carbonyl (C=O) groups is 5. The van der Waals surface area contributed by atoms with Crippen molar-refractivity contribution in [3.05, 3.63) is 203 Å². The molecule has 1 heterocycles. The molecule has 380 valence electrons. The monoisotopic (exact) mass is 987 g/mol. The van der Waals surface area contributed by atoms with Crippen LogP contribution in [0.5, 0.6) is 0 Å². The Morgan fingerprint density at radius 3 is 1.33 bits per heavy atom. The highest BCUT2D eigenvalue weighted by Crippen LogP contribution is 2.43. The number of aryl methyl sites for hydroxylation is 2. The predicted molar refractivity (Wildman–Crippen MR) is 282 cm³/mol. The average molecular weight is 988 g/mol. The molecule has 5 N–H and O–H groups in total. The number of anilines is 2. The molecule has 0 saturated carbocycles. The Kier molecular flexibility index (Phi) is 17.7. The first-order chi connectivity index (χ1) is 35.2. The first-order valence-electron chi connectivity index (χ1n) is 24.5. The Balaban J connectivity index is 1.08. The highest BCUT2D eigenvalue weighted by atomic mass is 16.5.